The van der Waals surface area contributed by atoms with Crippen LogP contribution in [0.3, 0.4) is 0 Å². The van der Waals surface area contributed by atoms with Gasteiger partial charge < -0.3 is 20.1 Å². The van der Waals surface area contributed by atoms with Crippen LogP contribution in [0.15, 0.2) is 41.5 Å². The smallest absolute Gasteiger partial charge is 0.194 e. The molecule has 2 N–H and O–H groups in total. The summed E-state index contributed by atoms with van der Waals surface area (Å²) in [7, 11) is 2.07. The van der Waals surface area contributed by atoms with Crippen LogP contribution in [-0.4, -0.2) is 65.5 Å². The predicted molar refractivity (Wildman–Crippen MR) is 116 cm³/mol. The summed E-state index contributed by atoms with van der Waals surface area (Å²) in [6.07, 6.45) is 7.00. The number of nitrogens with zero attached hydrogens (tertiary/aromatic N) is 4. The van der Waals surface area contributed by atoms with Gasteiger partial charge in [-0.2, -0.15) is 0 Å². The maximum Gasteiger partial charge on any atom is 0.194 e. The van der Waals surface area contributed by atoms with Gasteiger partial charge >= 0.3 is 0 Å². The summed E-state index contributed by atoms with van der Waals surface area (Å²) in [6.45, 7) is 8.32. The number of rotatable bonds is 9. The standard InChI is InChI=1S/C22H34N6/c1-3-23-22(24-13-7-8-14-28-15-9-10-16-28)27(2)18-21-25-17-20(26-21)19-11-5-4-6-12-19/h4-6,11-12,17H,3,7-10,13-16,18H2,1-2H3,(H,23,24)(H,25,26). The van der Waals surface area contributed by atoms with Crippen LogP contribution in [0.1, 0.15) is 38.4 Å². The van der Waals surface area contributed by atoms with E-state index in [-0.39, 0.29) is 0 Å². The van der Waals surface area contributed by atoms with Crippen molar-refractivity contribution in [2.45, 2.75) is 39.2 Å². The molecule has 2 heterocycles. The molecule has 6 heteroatoms. The number of aromatic amines is 1. The third-order valence-corrected chi connectivity index (χ3v) is 5.14. The first-order valence-electron chi connectivity index (χ1n) is 10.6. The molecular weight excluding hydrogens is 348 g/mol. The number of imidazole rings is 1. The number of aromatic nitrogens is 2. The highest BCUT2D eigenvalue weighted by molar-refractivity contribution is 5.79. The largest absolute Gasteiger partial charge is 0.357 e. The number of guanidine groups is 1. The van der Waals surface area contributed by atoms with E-state index in [2.05, 4.69) is 51.2 Å². The van der Waals surface area contributed by atoms with E-state index < -0.39 is 0 Å². The lowest BCUT2D eigenvalue weighted by Crippen LogP contribution is -2.38. The predicted octanol–water partition coefficient (Wildman–Crippen LogP) is 3.35. The molecule has 1 saturated heterocycles. The molecule has 1 aromatic carbocycles. The average molecular weight is 383 g/mol. The fourth-order valence-corrected chi connectivity index (χ4v) is 3.61. The zero-order valence-electron chi connectivity index (χ0n) is 17.3. The van der Waals surface area contributed by atoms with E-state index >= 15 is 0 Å². The summed E-state index contributed by atoms with van der Waals surface area (Å²) in [5, 5.41) is 3.40. The van der Waals surface area contributed by atoms with Crippen LogP contribution >= 0.6 is 0 Å². The zero-order chi connectivity index (χ0) is 19.6. The van der Waals surface area contributed by atoms with Gasteiger partial charge in [0, 0.05) is 20.1 Å². The Kier molecular flexibility index (Phi) is 7.91. The third kappa shape index (κ3) is 6.09. The summed E-state index contributed by atoms with van der Waals surface area (Å²) in [6, 6.07) is 10.3. The minimum Gasteiger partial charge on any atom is -0.357 e. The first-order valence-corrected chi connectivity index (χ1v) is 10.6. The Hall–Kier alpha value is -2.34. The minimum absolute atomic E-state index is 0.701. The van der Waals surface area contributed by atoms with Gasteiger partial charge in [-0.25, -0.2) is 4.98 Å². The van der Waals surface area contributed by atoms with E-state index in [1.165, 1.54) is 38.9 Å². The number of benzene rings is 1. The van der Waals surface area contributed by atoms with Gasteiger partial charge in [-0.3, -0.25) is 4.99 Å². The van der Waals surface area contributed by atoms with E-state index in [1.807, 2.05) is 24.4 Å². The van der Waals surface area contributed by atoms with Gasteiger partial charge in [-0.15, -0.1) is 0 Å². The fraction of sp³-hybridized carbons (Fsp3) is 0.545. The van der Waals surface area contributed by atoms with Gasteiger partial charge in [0.05, 0.1) is 18.4 Å². The number of H-pyrrole nitrogens is 1. The molecule has 0 spiro atoms. The molecule has 1 aromatic heterocycles. The molecule has 2 aromatic rings. The Balaban J connectivity index is 1.49. The zero-order valence-corrected chi connectivity index (χ0v) is 17.3. The second-order valence-corrected chi connectivity index (χ2v) is 7.46. The van der Waals surface area contributed by atoms with E-state index in [0.29, 0.717) is 6.54 Å². The summed E-state index contributed by atoms with van der Waals surface area (Å²) >= 11 is 0. The van der Waals surface area contributed by atoms with Crippen molar-refractivity contribution in [3.8, 4) is 11.3 Å². The van der Waals surface area contributed by atoms with E-state index in [9.17, 15) is 0 Å². The van der Waals surface area contributed by atoms with Gasteiger partial charge in [0.2, 0.25) is 0 Å². The van der Waals surface area contributed by atoms with Crippen molar-refractivity contribution in [1.29, 1.82) is 0 Å². The molecule has 0 aliphatic carbocycles. The van der Waals surface area contributed by atoms with Crippen LogP contribution in [-0.2, 0) is 6.54 Å². The lowest BCUT2D eigenvalue weighted by molar-refractivity contribution is 0.331. The lowest BCUT2D eigenvalue weighted by Gasteiger charge is -2.21. The molecule has 28 heavy (non-hydrogen) atoms. The topological polar surface area (TPSA) is 59.6 Å². The molecule has 1 aliphatic rings. The highest BCUT2D eigenvalue weighted by atomic mass is 15.3. The summed E-state index contributed by atoms with van der Waals surface area (Å²) in [5.41, 5.74) is 2.20. The molecule has 0 unspecified atom stereocenters. The van der Waals surface area contributed by atoms with Gasteiger partial charge in [0.15, 0.2) is 5.96 Å². The first-order chi connectivity index (χ1) is 13.8. The van der Waals surface area contributed by atoms with Crippen LogP contribution in [0.4, 0.5) is 0 Å². The van der Waals surface area contributed by atoms with Crippen molar-refractivity contribution in [2.75, 3.05) is 39.8 Å². The maximum atomic E-state index is 4.81. The normalized spacial score (nSPS) is 15.1. The number of nitrogens with one attached hydrogen (secondary N) is 2. The van der Waals surface area contributed by atoms with Crippen molar-refractivity contribution in [3.05, 3.63) is 42.4 Å². The van der Waals surface area contributed by atoms with E-state index in [1.54, 1.807) is 0 Å². The molecule has 3 rings (SSSR count). The van der Waals surface area contributed by atoms with Gasteiger partial charge in [-0.05, 0) is 57.8 Å². The average Bonchev–Trinajstić information content (AvgIpc) is 3.40. The van der Waals surface area contributed by atoms with Gasteiger partial charge in [0.1, 0.15) is 5.82 Å². The van der Waals surface area contributed by atoms with Crippen LogP contribution in [0.5, 0.6) is 0 Å². The van der Waals surface area contributed by atoms with Crippen molar-refractivity contribution in [1.82, 2.24) is 25.1 Å². The molecule has 0 bridgehead atoms. The Morgan fingerprint density at radius 2 is 2.00 bits per heavy atom. The molecule has 1 aliphatic heterocycles. The Morgan fingerprint density at radius 1 is 1.21 bits per heavy atom. The highest BCUT2D eigenvalue weighted by Gasteiger charge is 2.11. The van der Waals surface area contributed by atoms with Gasteiger partial charge in [0.25, 0.3) is 0 Å². The summed E-state index contributed by atoms with van der Waals surface area (Å²) in [4.78, 5) is 17.5. The number of hydrogen-bond donors (Lipinski definition) is 2. The second-order valence-electron chi connectivity index (χ2n) is 7.46. The Bertz CT molecular complexity index is 718. The van der Waals surface area contributed by atoms with Crippen molar-refractivity contribution < 1.29 is 0 Å². The number of unbranched alkanes of at least 4 members (excludes halogenated alkanes) is 1. The summed E-state index contributed by atoms with van der Waals surface area (Å²) < 4.78 is 0. The molecule has 0 radical (unpaired) electrons. The first kappa shape index (κ1) is 20.4. The molecule has 0 atom stereocenters. The minimum atomic E-state index is 0.701. The fourth-order valence-electron chi connectivity index (χ4n) is 3.61. The molecule has 152 valence electrons. The lowest BCUT2D eigenvalue weighted by atomic mass is 10.2. The Morgan fingerprint density at radius 3 is 2.75 bits per heavy atom. The van der Waals surface area contributed by atoms with Crippen LogP contribution in [0, 0.1) is 0 Å². The maximum absolute atomic E-state index is 4.81. The monoisotopic (exact) mass is 382 g/mol. The van der Waals surface area contributed by atoms with Crippen LogP contribution < -0.4 is 5.32 Å². The van der Waals surface area contributed by atoms with E-state index in [4.69, 9.17) is 4.99 Å². The molecule has 0 amide bonds. The number of aliphatic imine (C=N–C) groups is 1. The molecule has 1 fully saturated rings. The molecule has 0 saturated carbocycles. The Labute approximate surface area is 169 Å². The highest BCUT2D eigenvalue weighted by Crippen LogP contribution is 2.16. The van der Waals surface area contributed by atoms with Gasteiger partial charge in [-0.1, -0.05) is 30.3 Å². The van der Waals surface area contributed by atoms with Crippen LogP contribution in [0.25, 0.3) is 11.3 Å². The molecular formula is C22H34N6. The third-order valence-electron chi connectivity index (χ3n) is 5.14. The number of likely N-dealkylation sites (tertiary alicyclic amines) is 1. The van der Waals surface area contributed by atoms with Crippen molar-refractivity contribution in [2.24, 2.45) is 4.99 Å². The quantitative estimate of drug-likeness (QED) is 0.397. The molecule has 6 nitrogen and oxygen atoms in total. The van der Waals surface area contributed by atoms with Crippen LogP contribution in [0.2, 0.25) is 0 Å². The number of hydrogen-bond acceptors (Lipinski definition) is 3. The summed E-state index contributed by atoms with van der Waals surface area (Å²) in [5.74, 6) is 1.89. The van der Waals surface area contributed by atoms with E-state index in [0.717, 1.165) is 42.6 Å². The van der Waals surface area contributed by atoms with Crippen molar-refractivity contribution >= 4 is 5.96 Å². The SMILES string of the molecule is CCNC(=NCCCCN1CCCC1)N(C)Cc1ncc(-c2ccccc2)[nH]1. The second kappa shape index (κ2) is 10.9. The van der Waals surface area contributed by atoms with Crippen molar-refractivity contribution in [3.63, 3.8) is 0 Å².